The SMILES string of the molecule is COC(=O)c1ccc(CN=Cc2c[nH]c3nc(N)nc(N)c23)cc1. The summed E-state index contributed by atoms with van der Waals surface area (Å²) in [4.78, 5) is 26.8. The number of aromatic amines is 1. The van der Waals surface area contributed by atoms with Gasteiger partial charge in [-0.1, -0.05) is 12.1 Å². The van der Waals surface area contributed by atoms with E-state index in [1.807, 2.05) is 12.1 Å². The van der Waals surface area contributed by atoms with Gasteiger partial charge < -0.3 is 21.2 Å². The van der Waals surface area contributed by atoms with Gasteiger partial charge in [-0.3, -0.25) is 4.99 Å². The molecule has 0 bridgehead atoms. The van der Waals surface area contributed by atoms with Gasteiger partial charge in [-0.15, -0.1) is 0 Å². The van der Waals surface area contributed by atoms with E-state index in [2.05, 4.69) is 24.7 Å². The third kappa shape index (κ3) is 3.02. The molecule has 8 heteroatoms. The fraction of sp³-hybridized carbons (Fsp3) is 0.125. The Bertz CT molecular complexity index is 914. The number of aliphatic imine (C=N–C) groups is 1. The predicted octanol–water partition coefficient (Wildman–Crippen LogP) is 1.53. The Labute approximate surface area is 137 Å². The van der Waals surface area contributed by atoms with Gasteiger partial charge in [0.25, 0.3) is 0 Å². The van der Waals surface area contributed by atoms with Crippen LogP contribution in [0.3, 0.4) is 0 Å². The first-order valence-electron chi connectivity index (χ1n) is 7.15. The molecule has 0 aliphatic rings. The minimum absolute atomic E-state index is 0.121. The molecular formula is C16H16N6O2. The highest BCUT2D eigenvalue weighted by atomic mass is 16.5. The summed E-state index contributed by atoms with van der Waals surface area (Å²) in [6.45, 7) is 0.462. The van der Waals surface area contributed by atoms with Crippen molar-refractivity contribution in [1.82, 2.24) is 15.0 Å². The normalized spacial score (nSPS) is 11.2. The van der Waals surface area contributed by atoms with Crippen molar-refractivity contribution >= 4 is 35.0 Å². The monoisotopic (exact) mass is 324 g/mol. The van der Waals surface area contributed by atoms with Crippen LogP contribution in [-0.4, -0.2) is 34.2 Å². The summed E-state index contributed by atoms with van der Waals surface area (Å²) in [7, 11) is 1.35. The number of aromatic nitrogens is 3. The number of rotatable bonds is 4. The van der Waals surface area contributed by atoms with Crippen LogP contribution in [0.15, 0.2) is 35.5 Å². The van der Waals surface area contributed by atoms with Crippen LogP contribution in [0, 0.1) is 0 Å². The maximum Gasteiger partial charge on any atom is 0.337 e. The molecule has 1 aromatic carbocycles. The second-order valence-corrected chi connectivity index (χ2v) is 5.09. The summed E-state index contributed by atoms with van der Waals surface area (Å²) in [5, 5.41) is 0.689. The molecule has 3 rings (SSSR count). The number of nitrogens with two attached hydrogens (primary N) is 2. The van der Waals surface area contributed by atoms with Crippen molar-refractivity contribution in [2.24, 2.45) is 4.99 Å². The minimum Gasteiger partial charge on any atom is -0.465 e. The van der Waals surface area contributed by atoms with Gasteiger partial charge in [-0.25, -0.2) is 4.79 Å². The zero-order chi connectivity index (χ0) is 17.1. The Hall–Kier alpha value is -3.42. The van der Waals surface area contributed by atoms with E-state index in [1.165, 1.54) is 7.11 Å². The number of carbonyl (C=O) groups excluding carboxylic acids is 1. The first kappa shape index (κ1) is 15.5. The molecule has 0 amide bonds. The maximum absolute atomic E-state index is 11.4. The van der Waals surface area contributed by atoms with Gasteiger partial charge in [-0.2, -0.15) is 9.97 Å². The van der Waals surface area contributed by atoms with Crippen molar-refractivity contribution in [2.75, 3.05) is 18.6 Å². The van der Waals surface area contributed by atoms with E-state index in [1.54, 1.807) is 24.5 Å². The maximum atomic E-state index is 11.4. The van der Waals surface area contributed by atoms with E-state index in [0.717, 1.165) is 11.1 Å². The number of fused-ring (bicyclic) bond motifs is 1. The first-order valence-corrected chi connectivity index (χ1v) is 7.15. The van der Waals surface area contributed by atoms with Crippen molar-refractivity contribution in [3.63, 3.8) is 0 Å². The summed E-state index contributed by atoms with van der Waals surface area (Å²) in [6.07, 6.45) is 3.45. The Balaban J connectivity index is 1.76. The number of benzene rings is 1. The molecule has 0 spiro atoms. The minimum atomic E-state index is -0.362. The second kappa shape index (κ2) is 6.37. The third-order valence-corrected chi connectivity index (χ3v) is 3.49. The molecule has 5 N–H and O–H groups in total. The molecule has 0 aliphatic heterocycles. The van der Waals surface area contributed by atoms with Crippen molar-refractivity contribution in [3.8, 4) is 0 Å². The fourth-order valence-electron chi connectivity index (χ4n) is 2.32. The molecule has 0 saturated heterocycles. The van der Waals surface area contributed by atoms with Crippen LogP contribution in [0.5, 0.6) is 0 Å². The zero-order valence-corrected chi connectivity index (χ0v) is 13.0. The number of H-pyrrole nitrogens is 1. The van der Waals surface area contributed by atoms with Gasteiger partial charge in [-0.05, 0) is 17.7 Å². The number of nitrogens with zero attached hydrogens (tertiary/aromatic N) is 3. The van der Waals surface area contributed by atoms with Crippen LogP contribution in [0.2, 0.25) is 0 Å². The molecule has 0 aliphatic carbocycles. The van der Waals surface area contributed by atoms with Gasteiger partial charge in [0, 0.05) is 18.0 Å². The summed E-state index contributed by atoms with van der Waals surface area (Å²) in [5.41, 5.74) is 14.3. The molecule has 2 heterocycles. The van der Waals surface area contributed by atoms with Gasteiger partial charge in [0.1, 0.15) is 11.5 Å². The number of carbonyl (C=O) groups is 1. The zero-order valence-electron chi connectivity index (χ0n) is 13.0. The van der Waals surface area contributed by atoms with Crippen LogP contribution >= 0.6 is 0 Å². The van der Waals surface area contributed by atoms with E-state index < -0.39 is 0 Å². The van der Waals surface area contributed by atoms with Crippen LogP contribution in [0.25, 0.3) is 11.0 Å². The number of ether oxygens (including phenoxy) is 1. The number of esters is 1. The molecule has 0 radical (unpaired) electrons. The third-order valence-electron chi connectivity index (χ3n) is 3.49. The number of methoxy groups -OCH3 is 1. The molecule has 24 heavy (non-hydrogen) atoms. The van der Waals surface area contributed by atoms with E-state index in [-0.39, 0.29) is 11.9 Å². The quantitative estimate of drug-likeness (QED) is 0.492. The van der Waals surface area contributed by atoms with Gasteiger partial charge >= 0.3 is 5.97 Å². The van der Waals surface area contributed by atoms with E-state index in [0.29, 0.717) is 29.0 Å². The Morgan fingerprint density at radius 3 is 2.75 bits per heavy atom. The smallest absolute Gasteiger partial charge is 0.337 e. The van der Waals surface area contributed by atoms with E-state index >= 15 is 0 Å². The highest BCUT2D eigenvalue weighted by Gasteiger charge is 2.09. The van der Waals surface area contributed by atoms with E-state index in [9.17, 15) is 4.79 Å². The van der Waals surface area contributed by atoms with Crippen molar-refractivity contribution in [1.29, 1.82) is 0 Å². The predicted molar refractivity (Wildman–Crippen MR) is 91.8 cm³/mol. The standard InChI is InChI=1S/C16H16N6O2/c1-24-15(23)10-4-2-9(3-5-10)6-19-7-11-8-20-14-12(11)13(17)21-16(18)22-14/h2-5,7-8H,6H2,1H3,(H5,17,18,20,21,22). The van der Waals surface area contributed by atoms with Gasteiger partial charge in [0.05, 0.1) is 24.6 Å². The summed E-state index contributed by atoms with van der Waals surface area (Å²) >= 11 is 0. The van der Waals surface area contributed by atoms with Crippen LogP contribution < -0.4 is 11.5 Å². The Kier molecular flexibility index (Phi) is 4.11. The lowest BCUT2D eigenvalue weighted by molar-refractivity contribution is 0.0600. The number of hydrogen-bond donors (Lipinski definition) is 3. The lowest BCUT2D eigenvalue weighted by atomic mass is 10.1. The van der Waals surface area contributed by atoms with Crippen molar-refractivity contribution in [3.05, 3.63) is 47.2 Å². The summed E-state index contributed by atoms with van der Waals surface area (Å²) in [5.74, 6) is 0.0669. The summed E-state index contributed by atoms with van der Waals surface area (Å²) < 4.78 is 4.66. The fourth-order valence-corrected chi connectivity index (χ4v) is 2.32. The Morgan fingerprint density at radius 1 is 1.29 bits per heavy atom. The Morgan fingerprint density at radius 2 is 2.04 bits per heavy atom. The average molecular weight is 324 g/mol. The number of nitrogen functional groups attached to an aromatic ring is 2. The molecule has 8 nitrogen and oxygen atoms in total. The van der Waals surface area contributed by atoms with Gasteiger partial charge in [0.2, 0.25) is 5.95 Å². The molecule has 0 unspecified atom stereocenters. The highest BCUT2D eigenvalue weighted by molar-refractivity contribution is 6.03. The second-order valence-electron chi connectivity index (χ2n) is 5.09. The summed E-state index contributed by atoms with van der Waals surface area (Å²) in [6, 6.07) is 7.07. The van der Waals surface area contributed by atoms with Crippen molar-refractivity contribution in [2.45, 2.75) is 6.54 Å². The molecule has 3 aromatic rings. The van der Waals surface area contributed by atoms with E-state index in [4.69, 9.17) is 11.5 Å². The molecule has 122 valence electrons. The van der Waals surface area contributed by atoms with Crippen LogP contribution in [-0.2, 0) is 11.3 Å². The molecular weight excluding hydrogens is 308 g/mol. The van der Waals surface area contributed by atoms with Crippen LogP contribution in [0.1, 0.15) is 21.5 Å². The molecule has 0 saturated carbocycles. The van der Waals surface area contributed by atoms with Gasteiger partial charge in [0.15, 0.2) is 0 Å². The van der Waals surface area contributed by atoms with Crippen molar-refractivity contribution < 1.29 is 9.53 Å². The molecule has 0 atom stereocenters. The average Bonchev–Trinajstić information content (AvgIpc) is 2.98. The largest absolute Gasteiger partial charge is 0.465 e. The number of hydrogen-bond acceptors (Lipinski definition) is 7. The number of anilines is 2. The highest BCUT2D eigenvalue weighted by Crippen LogP contribution is 2.21. The van der Waals surface area contributed by atoms with Crippen LogP contribution in [0.4, 0.5) is 11.8 Å². The first-order chi connectivity index (χ1) is 11.6. The molecule has 2 aromatic heterocycles. The molecule has 0 fully saturated rings. The lowest BCUT2D eigenvalue weighted by Gasteiger charge is -2.01. The number of nitrogens with one attached hydrogen (secondary N) is 1. The lowest BCUT2D eigenvalue weighted by Crippen LogP contribution is -2.01. The topological polar surface area (TPSA) is 132 Å².